The van der Waals surface area contributed by atoms with E-state index in [0.717, 1.165) is 0 Å². The molecule has 1 unspecified atom stereocenters. The summed E-state index contributed by atoms with van der Waals surface area (Å²) in [4.78, 5) is 15.4. The van der Waals surface area contributed by atoms with Gasteiger partial charge in [0.25, 0.3) is 5.91 Å². The summed E-state index contributed by atoms with van der Waals surface area (Å²) in [5.41, 5.74) is 0.503. The van der Waals surface area contributed by atoms with Gasteiger partial charge < -0.3 is 19.9 Å². The van der Waals surface area contributed by atoms with Gasteiger partial charge in [-0.15, -0.1) is 0 Å². The van der Waals surface area contributed by atoms with Crippen molar-refractivity contribution in [3.63, 3.8) is 0 Å². The van der Waals surface area contributed by atoms with E-state index in [1.807, 2.05) is 0 Å². The van der Waals surface area contributed by atoms with Crippen molar-refractivity contribution in [2.24, 2.45) is 0 Å². The highest BCUT2D eigenvalue weighted by Crippen LogP contribution is 2.08. The van der Waals surface area contributed by atoms with E-state index >= 15 is 0 Å². The number of aliphatic hydroxyl groups excluding tert-OH is 2. The second-order valence-electron chi connectivity index (χ2n) is 3.19. The number of aromatic nitrogens is 1. The van der Waals surface area contributed by atoms with Crippen molar-refractivity contribution >= 4 is 5.91 Å². The van der Waals surface area contributed by atoms with Gasteiger partial charge >= 0.3 is 0 Å². The Morgan fingerprint density at radius 2 is 2.27 bits per heavy atom. The van der Waals surface area contributed by atoms with Gasteiger partial charge in [0, 0.05) is 13.5 Å². The first-order chi connectivity index (χ1) is 7.04. The van der Waals surface area contributed by atoms with E-state index in [2.05, 4.69) is 10.3 Å². The number of aryl methyl sites for hydroxylation is 2. The van der Waals surface area contributed by atoms with Gasteiger partial charge in [0.1, 0.15) is 0 Å². The number of oxazole rings is 1. The van der Waals surface area contributed by atoms with Crippen molar-refractivity contribution in [2.45, 2.75) is 20.0 Å². The van der Waals surface area contributed by atoms with Crippen LogP contribution in [0.3, 0.4) is 0 Å². The van der Waals surface area contributed by atoms with Crippen LogP contribution >= 0.6 is 0 Å². The molecule has 0 aliphatic heterocycles. The van der Waals surface area contributed by atoms with Crippen LogP contribution in [0.4, 0.5) is 0 Å². The lowest BCUT2D eigenvalue weighted by atomic mass is 10.3. The molecule has 1 aromatic rings. The molecule has 0 saturated carbocycles. The van der Waals surface area contributed by atoms with Crippen molar-refractivity contribution in [1.82, 2.24) is 10.3 Å². The van der Waals surface area contributed by atoms with Crippen molar-refractivity contribution in [3.8, 4) is 0 Å². The zero-order valence-electron chi connectivity index (χ0n) is 8.65. The fraction of sp³-hybridized carbons (Fsp3) is 0.556. The van der Waals surface area contributed by atoms with Crippen molar-refractivity contribution in [3.05, 3.63) is 17.3 Å². The zero-order valence-corrected chi connectivity index (χ0v) is 8.65. The molecular formula is C9H14N2O4. The van der Waals surface area contributed by atoms with Gasteiger partial charge in [0.15, 0.2) is 5.89 Å². The highest BCUT2D eigenvalue weighted by molar-refractivity contribution is 5.92. The molecule has 0 aliphatic rings. The normalized spacial score (nSPS) is 12.5. The third-order valence-corrected chi connectivity index (χ3v) is 1.82. The topological polar surface area (TPSA) is 95.6 Å². The van der Waals surface area contributed by atoms with E-state index in [-0.39, 0.29) is 12.3 Å². The fourth-order valence-electron chi connectivity index (χ4n) is 1.10. The standard InChI is InChI=1S/C9H14N2O4/c1-5-8(15-6(2)11-5)9(14)10-3-7(13)4-12/h7,12-13H,3-4H2,1-2H3,(H,10,14). The molecule has 6 heteroatoms. The Labute approximate surface area is 86.9 Å². The van der Waals surface area contributed by atoms with Crippen LogP contribution in [0.5, 0.6) is 0 Å². The van der Waals surface area contributed by atoms with E-state index in [1.165, 1.54) is 0 Å². The van der Waals surface area contributed by atoms with Crippen LogP contribution in [0.15, 0.2) is 4.42 Å². The van der Waals surface area contributed by atoms with E-state index in [4.69, 9.17) is 14.6 Å². The molecular weight excluding hydrogens is 200 g/mol. The first kappa shape index (κ1) is 11.7. The van der Waals surface area contributed by atoms with Crippen LogP contribution in [-0.2, 0) is 0 Å². The number of nitrogens with one attached hydrogen (secondary N) is 1. The molecule has 1 aromatic heterocycles. The number of hydrogen-bond acceptors (Lipinski definition) is 5. The maximum Gasteiger partial charge on any atom is 0.289 e. The molecule has 0 aliphatic carbocycles. The lowest BCUT2D eigenvalue weighted by Gasteiger charge is -2.07. The number of carbonyl (C=O) groups excluding carboxylic acids is 1. The number of aliphatic hydroxyl groups is 2. The molecule has 0 radical (unpaired) electrons. The third-order valence-electron chi connectivity index (χ3n) is 1.82. The van der Waals surface area contributed by atoms with Gasteiger partial charge in [-0.05, 0) is 6.92 Å². The summed E-state index contributed by atoms with van der Waals surface area (Å²) >= 11 is 0. The molecule has 0 bridgehead atoms. The van der Waals surface area contributed by atoms with Crippen LogP contribution in [0.1, 0.15) is 22.1 Å². The number of amides is 1. The summed E-state index contributed by atoms with van der Waals surface area (Å²) in [5, 5.41) is 20.0. The molecule has 0 fully saturated rings. The first-order valence-electron chi connectivity index (χ1n) is 4.55. The summed E-state index contributed by atoms with van der Waals surface area (Å²) in [7, 11) is 0. The minimum Gasteiger partial charge on any atom is -0.436 e. The average molecular weight is 214 g/mol. The highest BCUT2D eigenvalue weighted by Gasteiger charge is 2.16. The SMILES string of the molecule is Cc1nc(C)c(C(=O)NCC(O)CO)o1. The van der Waals surface area contributed by atoms with Gasteiger partial charge in [-0.25, -0.2) is 4.98 Å². The van der Waals surface area contributed by atoms with E-state index < -0.39 is 18.6 Å². The Morgan fingerprint density at radius 3 is 2.73 bits per heavy atom. The molecule has 1 rings (SSSR count). The molecule has 6 nitrogen and oxygen atoms in total. The van der Waals surface area contributed by atoms with Crippen LogP contribution in [0.2, 0.25) is 0 Å². The molecule has 84 valence electrons. The second kappa shape index (κ2) is 4.90. The molecule has 3 N–H and O–H groups in total. The molecule has 1 amide bonds. The van der Waals surface area contributed by atoms with Crippen molar-refractivity contribution in [2.75, 3.05) is 13.2 Å². The zero-order chi connectivity index (χ0) is 11.4. The van der Waals surface area contributed by atoms with E-state index in [0.29, 0.717) is 11.6 Å². The Kier molecular flexibility index (Phi) is 3.81. The van der Waals surface area contributed by atoms with Crippen molar-refractivity contribution in [1.29, 1.82) is 0 Å². The largest absolute Gasteiger partial charge is 0.436 e. The maximum absolute atomic E-state index is 11.5. The highest BCUT2D eigenvalue weighted by atomic mass is 16.4. The Morgan fingerprint density at radius 1 is 1.60 bits per heavy atom. The van der Waals surface area contributed by atoms with Crippen LogP contribution in [0.25, 0.3) is 0 Å². The predicted octanol–water partition coefficient (Wildman–Crippen LogP) is -0.626. The van der Waals surface area contributed by atoms with Gasteiger partial charge in [-0.1, -0.05) is 0 Å². The van der Waals surface area contributed by atoms with Gasteiger partial charge in [0.2, 0.25) is 5.76 Å². The Hall–Kier alpha value is -1.40. The molecule has 0 saturated heterocycles. The quantitative estimate of drug-likeness (QED) is 0.620. The summed E-state index contributed by atoms with van der Waals surface area (Å²) in [6, 6.07) is 0. The van der Waals surface area contributed by atoms with Gasteiger partial charge in [0.05, 0.1) is 18.4 Å². The average Bonchev–Trinajstić information content (AvgIpc) is 2.53. The second-order valence-corrected chi connectivity index (χ2v) is 3.19. The smallest absolute Gasteiger partial charge is 0.289 e. The number of carbonyl (C=O) groups is 1. The lowest BCUT2D eigenvalue weighted by molar-refractivity contribution is 0.0782. The van der Waals surface area contributed by atoms with Crippen molar-refractivity contribution < 1.29 is 19.4 Å². The molecule has 0 aromatic carbocycles. The molecule has 0 spiro atoms. The predicted molar refractivity (Wildman–Crippen MR) is 51.4 cm³/mol. The number of hydrogen-bond donors (Lipinski definition) is 3. The van der Waals surface area contributed by atoms with Crippen LogP contribution in [-0.4, -0.2) is 40.4 Å². The summed E-state index contributed by atoms with van der Waals surface area (Å²) < 4.78 is 5.07. The lowest BCUT2D eigenvalue weighted by Crippen LogP contribution is -2.34. The molecule has 1 atom stereocenters. The summed E-state index contributed by atoms with van der Waals surface area (Å²) in [6.07, 6.45) is -0.960. The maximum atomic E-state index is 11.5. The monoisotopic (exact) mass is 214 g/mol. The molecule has 1 heterocycles. The summed E-state index contributed by atoms with van der Waals surface area (Å²) in [5.74, 6) is 0.110. The van der Waals surface area contributed by atoms with Gasteiger partial charge in [-0.2, -0.15) is 0 Å². The minimum absolute atomic E-state index is 0.0193. The van der Waals surface area contributed by atoms with Crippen LogP contribution in [0, 0.1) is 13.8 Å². The van der Waals surface area contributed by atoms with Crippen LogP contribution < -0.4 is 5.32 Å². The molecule has 15 heavy (non-hydrogen) atoms. The van der Waals surface area contributed by atoms with E-state index in [9.17, 15) is 4.79 Å². The van der Waals surface area contributed by atoms with Gasteiger partial charge in [-0.3, -0.25) is 4.79 Å². The Balaban J connectivity index is 2.58. The number of rotatable bonds is 4. The third kappa shape index (κ3) is 3.03. The fourth-order valence-corrected chi connectivity index (χ4v) is 1.10. The first-order valence-corrected chi connectivity index (χ1v) is 4.55. The Bertz CT molecular complexity index is 348. The summed E-state index contributed by atoms with van der Waals surface area (Å²) in [6.45, 7) is 2.89. The van der Waals surface area contributed by atoms with E-state index in [1.54, 1.807) is 13.8 Å². The number of nitrogens with zero attached hydrogens (tertiary/aromatic N) is 1. The minimum atomic E-state index is -0.960.